The fourth-order valence-corrected chi connectivity index (χ4v) is 3.88. The van der Waals surface area contributed by atoms with Crippen molar-refractivity contribution in [2.24, 2.45) is 0 Å². The fourth-order valence-electron chi connectivity index (χ4n) is 2.39. The second-order valence-corrected chi connectivity index (χ2v) is 7.23. The number of ether oxygens (including phenoxy) is 2. The zero-order valence-corrected chi connectivity index (χ0v) is 15.5. The van der Waals surface area contributed by atoms with Crippen LogP contribution in [0, 0.1) is 0 Å². The second kappa shape index (κ2) is 8.22. The Balaban J connectivity index is 2.22. The zero-order chi connectivity index (χ0) is 18.4. The molecule has 0 fully saturated rings. The molecule has 2 rings (SSSR count). The van der Waals surface area contributed by atoms with Crippen molar-refractivity contribution in [2.45, 2.75) is 25.7 Å². The number of nitrogens with two attached hydrogens (primary N) is 1. The van der Waals surface area contributed by atoms with Crippen molar-refractivity contribution >= 4 is 15.7 Å². The summed E-state index contributed by atoms with van der Waals surface area (Å²) in [4.78, 5) is 0.160. The summed E-state index contributed by atoms with van der Waals surface area (Å²) >= 11 is 0. The topological polar surface area (TPSA) is 81.9 Å². The van der Waals surface area contributed by atoms with Gasteiger partial charge in [0.1, 0.15) is 17.2 Å². The predicted octanol–water partition coefficient (Wildman–Crippen LogP) is 3.49. The van der Waals surface area contributed by atoms with Gasteiger partial charge in [-0.1, -0.05) is 13.8 Å². The van der Waals surface area contributed by atoms with Crippen molar-refractivity contribution in [1.29, 1.82) is 0 Å². The van der Waals surface area contributed by atoms with Gasteiger partial charge in [-0.15, -0.1) is 0 Å². The van der Waals surface area contributed by atoms with E-state index in [-0.39, 0.29) is 10.6 Å². The van der Waals surface area contributed by atoms with Crippen molar-refractivity contribution < 1.29 is 17.9 Å². The Morgan fingerprint density at radius 1 is 0.960 bits per heavy atom. The lowest BCUT2D eigenvalue weighted by Crippen LogP contribution is -2.30. The van der Waals surface area contributed by atoms with Gasteiger partial charge in [0.2, 0.25) is 10.0 Å². The Hall–Kier alpha value is -2.25. The van der Waals surface area contributed by atoms with E-state index in [1.54, 1.807) is 44.2 Å². The minimum Gasteiger partial charge on any atom is -0.494 e. The minimum absolute atomic E-state index is 0.160. The number of sulfonamides is 1. The van der Waals surface area contributed by atoms with E-state index in [1.807, 2.05) is 6.92 Å². The molecule has 0 heterocycles. The van der Waals surface area contributed by atoms with E-state index in [0.717, 1.165) is 5.75 Å². The van der Waals surface area contributed by atoms with Crippen LogP contribution in [0.3, 0.4) is 0 Å². The molecule has 25 heavy (non-hydrogen) atoms. The standard InChI is InChI=1S/C18H24N2O4S/c1-4-20(5-2)25(21,22)16-11-12-18(17(19)13-16)24-15-9-7-14(8-10-15)23-6-3/h7-13H,4-6,19H2,1-3H3. The molecular formula is C18H24N2O4S. The van der Waals surface area contributed by atoms with Crippen LogP contribution in [0.4, 0.5) is 5.69 Å². The lowest BCUT2D eigenvalue weighted by atomic mass is 10.3. The zero-order valence-electron chi connectivity index (χ0n) is 14.7. The Kier molecular flexibility index (Phi) is 6.27. The number of benzene rings is 2. The number of nitrogen functional groups attached to an aromatic ring is 1. The summed E-state index contributed by atoms with van der Waals surface area (Å²) in [6.07, 6.45) is 0. The third kappa shape index (κ3) is 4.43. The maximum absolute atomic E-state index is 12.5. The molecule has 0 unspecified atom stereocenters. The van der Waals surface area contributed by atoms with Crippen LogP contribution < -0.4 is 15.2 Å². The quantitative estimate of drug-likeness (QED) is 0.725. The highest BCUT2D eigenvalue weighted by Gasteiger charge is 2.22. The van der Waals surface area contributed by atoms with Gasteiger partial charge < -0.3 is 15.2 Å². The maximum atomic E-state index is 12.5. The monoisotopic (exact) mass is 364 g/mol. The average molecular weight is 364 g/mol. The predicted molar refractivity (Wildman–Crippen MR) is 98.6 cm³/mol. The molecule has 7 heteroatoms. The van der Waals surface area contributed by atoms with Crippen molar-refractivity contribution in [2.75, 3.05) is 25.4 Å². The van der Waals surface area contributed by atoms with Crippen LogP contribution in [0.1, 0.15) is 20.8 Å². The largest absolute Gasteiger partial charge is 0.494 e. The molecule has 0 saturated heterocycles. The molecule has 0 atom stereocenters. The van der Waals surface area contributed by atoms with Crippen LogP contribution in [0.15, 0.2) is 47.4 Å². The van der Waals surface area contributed by atoms with Gasteiger partial charge in [0.25, 0.3) is 0 Å². The first-order valence-electron chi connectivity index (χ1n) is 8.22. The van der Waals surface area contributed by atoms with E-state index in [1.165, 1.54) is 16.4 Å². The van der Waals surface area contributed by atoms with Gasteiger partial charge >= 0.3 is 0 Å². The van der Waals surface area contributed by atoms with Gasteiger partial charge in [-0.2, -0.15) is 4.31 Å². The Morgan fingerprint density at radius 3 is 2.08 bits per heavy atom. The molecule has 2 N–H and O–H groups in total. The highest BCUT2D eigenvalue weighted by molar-refractivity contribution is 7.89. The van der Waals surface area contributed by atoms with Gasteiger partial charge in [-0.25, -0.2) is 8.42 Å². The molecule has 0 aliphatic rings. The summed E-state index contributed by atoms with van der Waals surface area (Å²) < 4.78 is 37.6. The van der Waals surface area contributed by atoms with E-state index < -0.39 is 10.0 Å². The van der Waals surface area contributed by atoms with Crippen LogP contribution in [0.5, 0.6) is 17.2 Å². The van der Waals surface area contributed by atoms with Crippen molar-refractivity contribution in [3.05, 3.63) is 42.5 Å². The highest BCUT2D eigenvalue weighted by Crippen LogP contribution is 2.31. The SMILES string of the molecule is CCOc1ccc(Oc2ccc(S(=O)(=O)N(CC)CC)cc2N)cc1. The van der Waals surface area contributed by atoms with E-state index in [9.17, 15) is 8.42 Å². The lowest BCUT2D eigenvalue weighted by molar-refractivity contribution is 0.339. The lowest BCUT2D eigenvalue weighted by Gasteiger charge is -2.19. The van der Waals surface area contributed by atoms with Crippen LogP contribution in [0.25, 0.3) is 0 Å². The molecule has 2 aromatic carbocycles. The Bertz CT molecular complexity index is 800. The summed E-state index contributed by atoms with van der Waals surface area (Å²) in [6.45, 7) is 6.92. The van der Waals surface area contributed by atoms with Crippen LogP contribution in [0.2, 0.25) is 0 Å². The molecule has 0 bridgehead atoms. The first kappa shape index (κ1) is 19.1. The Morgan fingerprint density at radius 2 is 1.56 bits per heavy atom. The van der Waals surface area contributed by atoms with Gasteiger partial charge in [0, 0.05) is 13.1 Å². The molecule has 0 spiro atoms. The third-order valence-electron chi connectivity index (χ3n) is 3.69. The van der Waals surface area contributed by atoms with E-state index in [0.29, 0.717) is 31.2 Å². The van der Waals surface area contributed by atoms with Gasteiger partial charge in [-0.3, -0.25) is 0 Å². The van der Waals surface area contributed by atoms with Crippen LogP contribution >= 0.6 is 0 Å². The Labute approximate surface area is 149 Å². The smallest absolute Gasteiger partial charge is 0.243 e. The highest BCUT2D eigenvalue weighted by atomic mass is 32.2. The van der Waals surface area contributed by atoms with Gasteiger partial charge in [0.05, 0.1) is 17.2 Å². The minimum atomic E-state index is -3.54. The van der Waals surface area contributed by atoms with E-state index >= 15 is 0 Å². The normalized spacial score (nSPS) is 11.5. The first-order chi connectivity index (χ1) is 11.9. The van der Waals surface area contributed by atoms with Crippen LogP contribution in [-0.2, 0) is 10.0 Å². The molecule has 2 aromatic rings. The maximum Gasteiger partial charge on any atom is 0.243 e. The van der Waals surface area contributed by atoms with Gasteiger partial charge in [0.15, 0.2) is 0 Å². The molecule has 0 amide bonds. The van der Waals surface area contributed by atoms with Gasteiger partial charge in [-0.05, 0) is 49.4 Å². The summed E-state index contributed by atoms with van der Waals surface area (Å²) in [5.74, 6) is 1.75. The molecule has 0 saturated carbocycles. The van der Waals surface area contributed by atoms with Crippen molar-refractivity contribution in [3.8, 4) is 17.2 Å². The van der Waals surface area contributed by atoms with Crippen molar-refractivity contribution in [3.63, 3.8) is 0 Å². The van der Waals surface area contributed by atoms with E-state index in [2.05, 4.69) is 0 Å². The number of rotatable bonds is 8. The van der Waals surface area contributed by atoms with E-state index in [4.69, 9.17) is 15.2 Å². The number of hydrogen-bond donors (Lipinski definition) is 1. The average Bonchev–Trinajstić information content (AvgIpc) is 2.59. The number of anilines is 1. The van der Waals surface area contributed by atoms with Crippen LogP contribution in [-0.4, -0.2) is 32.4 Å². The number of nitrogens with zero attached hydrogens (tertiary/aromatic N) is 1. The summed E-state index contributed by atoms with van der Waals surface area (Å²) in [5, 5.41) is 0. The molecule has 0 aliphatic carbocycles. The second-order valence-electron chi connectivity index (χ2n) is 5.30. The number of hydrogen-bond acceptors (Lipinski definition) is 5. The van der Waals surface area contributed by atoms with Crippen molar-refractivity contribution in [1.82, 2.24) is 4.31 Å². The molecule has 0 radical (unpaired) electrons. The molecular weight excluding hydrogens is 340 g/mol. The molecule has 0 aliphatic heterocycles. The molecule has 0 aromatic heterocycles. The fraction of sp³-hybridized carbons (Fsp3) is 0.333. The molecule has 6 nitrogen and oxygen atoms in total. The third-order valence-corrected chi connectivity index (χ3v) is 5.73. The summed E-state index contributed by atoms with van der Waals surface area (Å²) in [5.41, 5.74) is 6.26. The molecule has 136 valence electrons. The first-order valence-corrected chi connectivity index (χ1v) is 9.66. The summed E-state index contributed by atoms with van der Waals surface area (Å²) in [6, 6.07) is 11.6. The summed E-state index contributed by atoms with van der Waals surface area (Å²) in [7, 11) is -3.54.